The summed E-state index contributed by atoms with van der Waals surface area (Å²) < 4.78 is 2.27. The van der Waals surface area contributed by atoms with E-state index < -0.39 is 0 Å². The molecule has 0 N–H and O–H groups in total. The minimum Gasteiger partial charge on any atom is -0.330 e. The molecule has 0 aromatic rings. The summed E-state index contributed by atoms with van der Waals surface area (Å²) in [6.45, 7) is 2.72. The van der Waals surface area contributed by atoms with Crippen LogP contribution in [-0.2, 0) is 18.9 Å². The predicted molar refractivity (Wildman–Crippen MR) is 80.0 cm³/mol. The number of hydrogen-bond acceptors (Lipinski definition) is 0. The fourth-order valence-corrected chi connectivity index (χ4v) is 8.31. The minimum absolute atomic E-state index is 0.787. The summed E-state index contributed by atoms with van der Waals surface area (Å²) in [5.74, 6) is 6.01. The maximum absolute atomic E-state index is 2.31. The second-order valence-electron chi connectivity index (χ2n) is 6.72. The van der Waals surface area contributed by atoms with Crippen molar-refractivity contribution in [3.05, 3.63) is 0 Å². The van der Waals surface area contributed by atoms with E-state index in [0.717, 1.165) is 27.9 Å². The second-order valence-corrected chi connectivity index (χ2v) is 12.9. The number of rotatable bonds is 6. The Morgan fingerprint density at radius 2 is 1.00 bits per heavy atom. The lowest BCUT2D eigenvalue weighted by molar-refractivity contribution is -0.867. The van der Waals surface area contributed by atoms with Crippen molar-refractivity contribution < 1.29 is 8.97 Å². The van der Waals surface area contributed by atoms with Crippen LogP contribution in [0.1, 0.15) is 0 Å². The van der Waals surface area contributed by atoms with Crippen molar-refractivity contribution in [1.29, 1.82) is 0 Å². The highest BCUT2D eigenvalue weighted by Gasteiger charge is 2.19. The topological polar surface area (TPSA) is 0 Å². The average Bonchev–Trinajstić information content (AvgIpc) is 1.97. The van der Waals surface area contributed by atoms with Crippen molar-refractivity contribution in [3.63, 3.8) is 0 Å². The summed E-state index contributed by atoms with van der Waals surface area (Å²) in [6, 6.07) is 0. The van der Waals surface area contributed by atoms with Gasteiger partial charge >= 0.3 is 0 Å². The smallest absolute Gasteiger partial charge is 0.0872 e. The van der Waals surface area contributed by atoms with Gasteiger partial charge in [0.15, 0.2) is 0 Å². The fourth-order valence-electron chi connectivity index (χ4n) is 1.51. The van der Waals surface area contributed by atoms with Gasteiger partial charge in [0.2, 0.25) is 0 Å². The standard InChI is InChI=1S/C12H30N2S2/c1-13(2,3)7-9-15-11-12-16(15)10-8-14(4,5)6/h7-12H2,1-6H3/q+2. The SMILES string of the molecule is C[N+](C)(C)CCS1=S(CC[N+](C)(C)C)CC1. The van der Waals surface area contributed by atoms with Crippen molar-refractivity contribution in [2.24, 2.45) is 0 Å². The molecule has 0 saturated carbocycles. The van der Waals surface area contributed by atoms with Crippen molar-refractivity contribution in [2.75, 3.05) is 78.4 Å². The van der Waals surface area contributed by atoms with E-state index in [1.807, 2.05) is 0 Å². The number of nitrogens with zero attached hydrogens (tertiary/aromatic N) is 2. The lowest BCUT2D eigenvalue weighted by Gasteiger charge is -2.32. The van der Waals surface area contributed by atoms with Crippen LogP contribution in [0.15, 0.2) is 0 Å². The van der Waals surface area contributed by atoms with Gasteiger partial charge in [0, 0.05) is 23.0 Å². The minimum atomic E-state index is 0.787. The third-order valence-electron chi connectivity index (χ3n) is 2.85. The van der Waals surface area contributed by atoms with Gasteiger partial charge in [0.05, 0.1) is 55.4 Å². The van der Waals surface area contributed by atoms with Crippen molar-refractivity contribution in [2.45, 2.75) is 0 Å². The van der Waals surface area contributed by atoms with Crippen LogP contribution >= 0.6 is 0 Å². The van der Waals surface area contributed by atoms with Gasteiger partial charge in [-0.1, -0.05) is 0 Å². The molecule has 16 heavy (non-hydrogen) atoms. The highest BCUT2D eigenvalue weighted by Crippen LogP contribution is 2.11. The van der Waals surface area contributed by atoms with Gasteiger partial charge in [0.25, 0.3) is 0 Å². The zero-order chi connectivity index (χ0) is 12.4. The number of quaternary nitrogens is 2. The maximum atomic E-state index is 2.31. The molecule has 0 aromatic carbocycles. The lowest BCUT2D eigenvalue weighted by atomic mass is 10.6. The summed E-state index contributed by atoms with van der Waals surface area (Å²) in [7, 11) is 15.5. The first-order valence-electron chi connectivity index (χ1n) is 6.14. The molecule has 0 radical (unpaired) electrons. The van der Waals surface area contributed by atoms with Crippen LogP contribution in [0.25, 0.3) is 0 Å². The van der Waals surface area contributed by atoms with Crippen LogP contribution in [0.2, 0.25) is 0 Å². The van der Waals surface area contributed by atoms with Crippen LogP contribution in [0.4, 0.5) is 0 Å². The van der Waals surface area contributed by atoms with E-state index in [1.54, 1.807) is 0 Å². The predicted octanol–water partition coefficient (Wildman–Crippen LogP) is 0.564. The van der Waals surface area contributed by atoms with Gasteiger partial charge in [0.1, 0.15) is 0 Å². The van der Waals surface area contributed by atoms with Crippen molar-refractivity contribution in [1.82, 2.24) is 0 Å². The zero-order valence-corrected chi connectivity index (χ0v) is 13.6. The zero-order valence-electron chi connectivity index (χ0n) is 12.0. The number of hydrogen-bond donors (Lipinski definition) is 0. The van der Waals surface area contributed by atoms with Gasteiger partial charge in [-0.25, -0.2) is 0 Å². The van der Waals surface area contributed by atoms with Crippen LogP contribution in [0.5, 0.6) is 0 Å². The summed E-state index contributed by atoms with van der Waals surface area (Å²) in [6.07, 6.45) is 0. The van der Waals surface area contributed by atoms with Crippen LogP contribution in [0.3, 0.4) is 0 Å². The molecule has 0 amide bonds. The molecule has 0 saturated heterocycles. The fraction of sp³-hybridized carbons (Fsp3) is 1.00. The van der Waals surface area contributed by atoms with Crippen LogP contribution in [0, 0.1) is 0 Å². The van der Waals surface area contributed by atoms with Gasteiger partial charge < -0.3 is 8.97 Å². The lowest BCUT2D eigenvalue weighted by Crippen LogP contribution is -2.43. The molecule has 2 unspecified atom stereocenters. The van der Waals surface area contributed by atoms with Crippen LogP contribution < -0.4 is 0 Å². The van der Waals surface area contributed by atoms with E-state index in [4.69, 9.17) is 0 Å². The third-order valence-corrected chi connectivity index (χ3v) is 10.4. The molecule has 1 rings (SSSR count). The summed E-state index contributed by atoms with van der Waals surface area (Å²) in [5.41, 5.74) is 0. The van der Waals surface area contributed by atoms with Gasteiger partial charge in [-0.3, -0.25) is 0 Å². The van der Waals surface area contributed by atoms with Gasteiger partial charge in [-0.2, -0.15) is 18.9 Å². The van der Waals surface area contributed by atoms with E-state index in [0.29, 0.717) is 0 Å². The summed E-state index contributed by atoms with van der Waals surface area (Å²) in [4.78, 5) is 0. The summed E-state index contributed by atoms with van der Waals surface area (Å²) >= 11 is 0. The third kappa shape index (κ3) is 5.80. The Balaban J connectivity index is 2.37. The maximum Gasteiger partial charge on any atom is 0.0872 e. The molecule has 1 heterocycles. The highest BCUT2D eigenvalue weighted by atomic mass is 32.9. The quantitative estimate of drug-likeness (QED) is 0.617. The van der Waals surface area contributed by atoms with E-state index in [9.17, 15) is 0 Å². The molecule has 2 atom stereocenters. The average molecular weight is 267 g/mol. The first kappa shape index (κ1) is 14.7. The molecule has 2 nitrogen and oxygen atoms in total. The molecule has 0 fully saturated rings. The Morgan fingerprint density at radius 1 is 0.688 bits per heavy atom. The van der Waals surface area contributed by atoms with Gasteiger partial charge in [-0.05, 0) is 0 Å². The Hall–Kier alpha value is 0.620. The Morgan fingerprint density at radius 3 is 1.19 bits per heavy atom. The van der Waals surface area contributed by atoms with E-state index in [1.165, 1.54) is 36.1 Å². The van der Waals surface area contributed by atoms with E-state index in [2.05, 4.69) is 42.3 Å². The second kappa shape index (κ2) is 5.51. The Bertz CT molecular complexity index is 244. The summed E-state index contributed by atoms with van der Waals surface area (Å²) in [5, 5.41) is 0. The van der Waals surface area contributed by atoms with Crippen molar-refractivity contribution in [3.8, 4) is 0 Å². The first-order valence-corrected chi connectivity index (χ1v) is 9.78. The molecule has 1 aliphatic rings. The molecule has 4 heteroatoms. The van der Waals surface area contributed by atoms with E-state index in [-0.39, 0.29) is 0 Å². The molecule has 0 aliphatic carbocycles. The first-order chi connectivity index (χ1) is 7.17. The van der Waals surface area contributed by atoms with Gasteiger partial charge in [-0.15, -0.1) is 0 Å². The molecule has 1 aliphatic heterocycles. The Labute approximate surface area is 106 Å². The normalized spacial score (nSPS) is 26.6. The molecule has 0 bridgehead atoms. The monoisotopic (exact) mass is 266 g/mol. The molecular weight excluding hydrogens is 236 g/mol. The molecule has 0 aromatic heterocycles. The molecule has 0 spiro atoms. The van der Waals surface area contributed by atoms with Crippen molar-refractivity contribution >= 4 is 18.9 Å². The highest BCUT2D eigenvalue weighted by molar-refractivity contribution is 8.47. The molecule has 98 valence electrons. The Kier molecular flexibility index (Phi) is 5.05. The largest absolute Gasteiger partial charge is 0.330 e. The van der Waals surface area contributed by atoms with E-state index >= 15 is 0 Å². The van der Waals surface area contributed by atoms with Crippen LogP contribution in [-0.4, -0.2) is 87.4 Å². The molecular formula is C12H30N2S2+2.